The number of amides is 1. The average molecular weight is 252 g/mol. The van der Waals surface area contributed by atoms with Gasteiger partial charge >= 0.3 is 5.69 Å². The highest BCUT2D eigenvalue weighted by atomic mass is 16.7. The number of benzene rings is 1. The van der Waals surface area contributed by atoms with Gasteiger partial charge in [0.15, 0.2) is 12.4 Å². The summed E-state index contributed by atoms with van der Waals surface area (Å²) in [4.78, 5) is 26.8. The molecule has 0 aliphatic carbocycles. The molecule has 2 rings (SSSR count). The number of carbonyl (C=O) groups excluding carboxylic acids is 1. The van der Waals surface area contributed by atoms with Crippen LogP contribution in [0, 0.1) is 10.1 Å². The molecule has 1 aromatic rings. The largest absolute Gasteiger partial charge is 0.477 e. The minimum atomic E-state index is -0.549. The van der Waals surface area contributed by atoms with E-state index in [0.29, 0.717) is 13.2 Å². The van der Waals surface area contributed by atoms with Crippen LogP contribution in [0.1, 0.15) is 6.42 Å². The Hall–Kier alpha value is -2.15. The summed E-state index contributed by atoms with van der Waals surface area (Å²) in [6, 6.07) is 5.93. The van der Waals surface area contributed by atoms with Crippen LogP contribution in [0.3, 0.4) is 0 Å². The molecule has 0 saturated carbocycles. The molecule has 7 heteroatoms. The van der Waals surface area contributed by atoms with E-state index >= 15 is 0 Å². The lowest BCUT2D eigenvalue weighted by Crippen LogP contribution is -2.31. The number of rotatable bonds is 4. The molecule has 0 aromatic heterocycles. The third kappa shape index (κ3) is 2.75. The SMILES string of the molecule is O=C(COc1ccccc1[N+](=O)[O-])N1CCCO1. The van der Waals surface area contributed by atoms with E-state index in [-0.39, 0.29) is 24.0 Å². The molecule has 1 aromatic carbocycles. The quantitative estimate of drug-likeness (QED) is 0.592. The third-order valence-electron chi connectivity index (χ3n) is 2.44. The van der Waals surface area contributed by atoms with Gasteiger partial charge in [-0.25, -0.2) is 5.06 Å². The standard InChI is InChI=1S/C11H12N2O5/c14-11(12-6-3-7-18-12)8-17-10-5-2-1-4-9(10)13(15)16/h1-2,4-5H,3,6-8H2. The van der Waals surface area contributed by atoms with Gasteiger partial charge in [-0.1, -0.05) is 12.1 Å². The zero-order valence-corrected chi connectivity index (χ0v) is 9.57. The maximum atomic E-state index is 11.6. The monoisotopic (exact) mass is 252 g/mol. The van der Waals surface area contributed by atoms with Crippen molar-refractivity contribution in [1.29, 1.82) is 0 Å². The number of hydrogen-bond donors (Lipinski definition) is 0. The molecule has 1 saturated heterocycles. The molecule has 96 valence electrons. The first-order valence-corrected chi connectivity index (χ1v) is 5.48. The van der Waals surface area contributed by atoms with Crippen LogP contribution in [0.2, 0.25) is 0 Å². The number of hydroxylamine groups is 2. The summed E-state index contributed by atoms with van der Waals surface area (Å²) in [6.45, 7) is 0.765. The second-order valence-corrected chi connectivity index (χ2v) is 3.70. The predicted octanol–water partition coefficient (Wildman–Crippen LogP) is 1.14. The van der Waals surface area contributed by atoms with Gasteiger partial charge in [-0.15, -0.1) is 0 Å². The lowest BCUT2D eigenvalue weighted by Gasteiger charge is -2.14. The Morgan fingerprint density at radius 1 is 1.50 bits per heavy atom. The van der Waals surface area contributed by atoms with Crippen LogP contribution < -0.4 is 4.74 Å². The maximum absolute atomic E-state index is 11.6. The zero-order chi connectivity index (χ0) is 13.0. The van der Waals surface area contributed by atoms with Crippen molar-refractivity contribution in [2.45, 2.75) is 6.42 Å². The van der Waals surface area contributed by atoms with Crippen LogP contribution in [-0.4, -0.2) is 35.7 Å². The number of hydrogen-bond acceptors (Lipinski definition) is 5. The van der Waals surface area contributed by atoms with Crippen molar-refractivity contribution in [3.63, 3.8) is 0 Å². The van der Waals surface area contributed by atoms with Gasteiger partial charge in [0.25, 0.3) is 5.91 Å². The molecule has 0 unspecified atom stereocenters. The van der Waals surface area contributed by atoms with E-state index in [0.717, 1.165) is 6.42 Å². The van der Waals surface area contributed by atoms with Gasteiger partial charge in [0.2, 0.25) is 0 Å². The van der Waals surface area contributed by atoms with E-state index in [1.807, 2.05) is 0 Å². The van der Waals surface area contributed by atoms with Gasteiger partial charge in [0.05, 0.1) is 18.1 Å². The lowest BCUT2D eigenvalue weighted by atomic mass is 10.3. The zero-order valence-electron chi connectivity index (χ0n) is 9.57. The molecular weight excluding hydrogens is 240 g/mol. The molecule has 1 fully saturated rings. The highest BCUT2D eigenvalue weighted by molar-refractivity contribution is 5.77. The number of nitrogens with zero attached hydrogens (tertiary/aromatic N) is 2. The van der Waals surface area contributed by atoms with Crippen molar-refractivity contribution in [3.05, 3.63) is 34.4 Å². The molecule has 0 bridgehead atoms. The van der Waals surface area contributed by atoms with E-state index in [2.05, 4.69) is 0 Å². The van der Waals surface area contributed by atoms with Crippen molar-refractivity contribution in [1.82, 2.24) is 5.06 Å². The molecule has 1 aliphatic heterocycles. The lowest BCUT2D eigenvalue weighted by molar-refractivity contribution is -0.385. The summed E-state index contributed by atoms with van der Waals surface area (Å²) in [7, 11) is 0. The smallest absolute Gasteiger partial charge is 0.310 e. The molecule has 0 atom stereocenters. The Bertz CT molecular complexity index is 457. The number of nitro groups is 1. The molecule has 0 spiro atoms. The summed E-state index contributed by atoms with van der Waals surface area (Å²) in [6.07, 6.45) is 0.789. The van der Waals surface area contributed by atoms with E-state index in [4.69, 9.17) is 9.57 Å². The Labute approximate surface area is 103 Å². The Balaban J connectivity index is 1.97. The minimum Gasteiger partial charge on any atom is -0.477 e. The molecule has 1 amide bonds. The van der Waals surface area contributed by atoms with Gasteiger partial charge in [-0.2, -0.15) is 0 Å². The highest BCUT2D eigenvalue weighted by Crippen LogP contribution is 2.25. The van der Waals surface area contributed by atoms with Crippen molar-refractivity contribution in [3.8, 4) is 5.75 Å². The molecule has 0 radical (unpaired) electrons. The number of nitro benzene ring substituents is 1. The van der Waals surface area contributed by atoms with Crippen molar-refractivity contribution >= 4 is 11.6 Å². The number of para-hydroxylation sites is 2. The van der Waals surface area contributed by atoms with Crippen molar-refractivity contribution in [2.24, 2.45) is 0 Å². The van der Waals surface area contributed by atoms with Crippen LogP contribution in [0.25, 0.3) is 0 Å². The second kappa shape index (κ2) is 5.46. The molecule has 1 aliphatic rings. The first-order chi connectivity index (χ1) is 8.68. The minimum absolute atomic E-state index is 0.0787. The summed E-state index contributed by atoms with van der Waals surface area (Å²) in [5, 5.41) is 11.9. The van der Waals surface area contributed by atoms with E-state index in [9.17, 15) is 14.9 Å². The molecular formula is C11H12N2O5. The van der Waals surface area contributed by atoms with Gasteiger partial charge in [-0.05, 0) is 12.5 Å². The number of carbonyl (C=O) groups is 1. The van der Waals surface area contributed by atoms with Gasteiger partial charge in [-0.3, -0.25) is 19.7 Å². The van der Waals surface area contributed by atoms with Gasteiger partial charge < -0.3 is 4.74 Å². The van der Waals surface area contributed by atoms with Crippen LogP contribution in [-0.2, 0) is 9.63 Å². The summed E-state index contributed by atoms with van der Waals surface area (Å²) >= 11 is 0. The average Bonchev–Trinajstić information content (AvgIpc) is 2.90. The number of ether oxygens (including phenoxy) is 1. The van der Waals surface area contributed by atoms with E-state index in [1.54, 1.807) is 6.07 Å². The van der Waals surface area contributed by atoms with Crippen LogP contribution in [0.15, 0.2) is 24.3 Å². The fraction of sp³-hybridized carbons (Fsp3) is 0.364. The van der Waals surface area contributed by atoms with E-state index < -0.39 is 4.92 Å². The normalized spacial score (nSPS) is 14.6. The van der Waals surface area contributed by atoms with Gasteiger partial charge in [0, 0.05) is 6.07 Å². The van der Waals surface area contributed by atoms with E-state index in [1.165, 1.54) is 23.3 Å². The Morgan fingerprint density at radius 2 is 2.28 bits per heavy atom. The second-order valence-electron chi connectivity index (χ2n) is 3.70. The maximum Gasteiger partial charge on any atom is 0.310 e. The fourth-order valence-electron chi connectivity index (χ4n) is 1.59. The third-order valence-corrected chi connectivity index (χ3v) is 2.44. The topological polar surface area (TPSA) is 81.9 Å². The summed E-state index contributed by atoms with van der Waals surface area (Å²) < 4.78 is 5.16. The first-order valence-electron chi connectivity index (χ1n) is 5.48. The molecule has 18 heavy (non-hydrogen) atoms. The van der Waals surface area contributed by atoms with Crippen LogP contribution in [0.4, 0.5) is 5.69 Å². The molecule has 1 heterocycles. The van der Waals surface area contributed by atoms with Crippen molar-refractivity contribution < 1.29 is 19.3 Å². The fourth-order valence-corrected chi connectivity index (χ4v) is 1.59. The van der Waals surface area contributed by atoms with Gasteiger partial charge in [0.1, 0.15) is 0 Å². The highest BCUT2D eigenvalue weighted by Gasteiger charge is 2.21. The summed E-state index contributed by atoms with van der Waals surface area (Å²) in [5.74, 6) is -0.263. The van der Waals surface area contributed by atoms with Crippen LogP contribution in [0.5, 0.6) is 5.75 Å². The van der Waals surface area contributed by atoms with Crippen LogP contribution >= 0.6 is 0 Å². The Kier molecular flexibility index (Phi) is 3.73. The first kappa shape index (κ1) is 12.3. The predicted molar refractivity (Wildman–Crippen MR) is 60.9 cm³/mol. The van der Waals surface area contributed by atoms with Crippen molar-refractivity contribution in [2.75, 3.05) is 19.8 Å². The Morgan fingerprint density at radius 3 is 2.94 bits per heavy atom. The molecule has 7 nitrogen and oxygen atoms in total. The summed E-state index contributed by atoms with van der Waals surface area (Å²) in [5.41, 5.74) is -0.160. The molecule has 0 N–H and O–H groups in total.